The van der Waals surface area contributed by atoms with Crippen molar-refractivity contribution in [3.05, 3.63) is 53.3 Å². The molecule has 0 aliphatic carbocycles. The van der Waals surface area contributed by atoms with Crippen LogP contribution in [-0.2, 0) is 9.53 Å². The van der Waals surface area contributed by atoms with Crippen molar-refractivity contribution in [2.24, 2.45) is 0 Å². The van der Waals surface area contributed by atoms with E-state index in [1.807, 2.05) is 0 Å². The van der Waals surface area contributed by atoms with Crippen molar-refractivity contribution in [1.82, 2.24) is 5.32 Å². The number of rotatable bonds is 9. The van der Waals surface area contributed by atoms with E-state index in [0.717, 1.165) is 32.0 Å². The maximum atomic E-state index is 14.8. The van der Waals surface area contributed by atoms with Crippen molar-refractivity contribution in [3.63, 3.8) is 0 Å². The summed E-state index contributed by atoms with van der Waals surface area (Å²) >= 11 is 0. The SMILES string of the molecule is CCOC(=O)[C@H](CC(C)(C)F)NC(c1ccc(-c2cc(C=O)ccc2O)c(F)c1)C(F)(F)F. The molecule has 2 aromatic carbocycles. The monoisotopic (exact) mass is 473 g/mol. The second-order valence-electron chi connectivity index (χ2n) is 8.00. The van der Waals surface area contributed by atoms with Gasteiger partial charge in [0.25, 0.3) is 0 Å². The Bertz CT molecular complexity index is 1000. The summed E-state index contributed by atoms with van der Waals surface area (Å²) in [5, 5.41) is 12.1. The van der Waals surface area contributed by atoms with Gasteiger partial charge in [-0.3, -0.25) is 14.9 Å². The zero-order valence-electron chi connectivity index (χ0n) is 18.2. The van der Waals surface area contributed by atoms with Gasteiger partial charge < -0.3 is 9.84 Å². The van der Waals surface area contributed by atoms with Crippen LogP contribution in [0.4, 0.5) is 22.0 Å². The average molecular weight is 473 g/mol. The summed E-state index contributed by atoms with van der Waals surface area (Å²) < 4.78 is 75.3. The number of esters is 1. The van der Waals surface area contributed by atoms with Crippen molar-refractivity contribution in [2.45, 2.75) is 51.1 Å². The third-order valence-corrected chi connectivity index (χ3v) is 4.73. The van der Waals surface area contributed by atoms with E-state index < -0.39 is 47.7 Å². The Morgan fingerprint density at radius 2 is 1.79 bits per heavy atom. The van der Waals surface area contributed by atoms with Gasteiger partial charge in [0.2, 0.25) is 0 Å². The lowest BCUT2D eigenvalue weighted by atomic mass is 9.96. The third-order valence-electron chi connectivity index (χ3n) is 4.73. The highest BCUT2D eigenvalue weighted by molar-refractivity contribution is 5.81. The summed E-state index contributed by atoms with van der Waals surface area (Å²) in [6, 6.07) is 2.10. The molecule has 2 atom stereocenters. The van der Waals surface area contributed by atoms with Gasteiger partial charge >= 0.3 is 12.1 Å². The Morgan fingerprint density at radius 3 is 2.30 bits per heavy atom. The number of hydrogen-bond acceptors (Lipinski definition) is 5. The highest BCUT2D eigenvalue weighted by Crippen LogP contribution is 2.37. The molecule has 180 valence electrons. The van der Waals surface area contributed by atoms with Crippen LogP contribution in [-0.4, -0.2) is 41.9 Å². The van der Waals surface area contributed by atoms with E-state index in [1.165, 1.54) is 19.1 Å². The molecule has 2 rings (SSSR count). The van der Waals surface area contributed by atoms with Gasteiger partial charge in [-0.25, -0.2) is 8.78 Å². The topological polar surface area (TPSA) is 75.6 Å². The molecule has 0 bridgehead atoms. The first kappa shape index (κ1) is 26.2. The molecule has 33 heavy (non-hydrogen) atoms. The van der Waals surface area contributed by atoms with Crippen LogP contribution in [0.2, 0.25) is 0 Å². The number of aromatic hydroxyl groups is 1. The molecular weight excluding hydrogens is 449 g/mol. The van der Waals surface area contributed by atoms with E-state index in [1.54, 1.807) is 0 Å². The van der Waals surface area contributed by atoms with Crippen LogP contribution in [0.25, 0.3) is 11.1 Å². The Labute approximate surface area is 187 Å². The van der Waals surface area contributed by atoms with Crippen LogP contribution in [0.5, 0.6) is 5.75 Å². The summed E-state index contributed by atoms with van der Waals surface area (Å²) in [5.41, 5.74) is -2.74. The van der Waals surface area contributed by atoms with Gasteiger partial charge in [0.05, 0.1) is 6.61 Å². The van der Waals surface area contributed by atoms with Crippen LogP contribution in [0.3, 0.4) is 0 Å². The Kier molecular flexibility index (Phi) is 8.18. The van der Waals surface area contributed by atoms with Crippen molar-refractivity contribution in [3.8, 4) is 16.9 Å². The standard InChI is InChI=1S/C23H24F5NO4/c1-4-33-21(32)18(11-22(2,3)25)29-20(23(26,27)28)14-6-7-15(17(24)10-14)16-9-13(12-30)5-8-19(16)31/h5-10,12,18,20,29,31H,4,11H2,1-3H3/t18-,20?/m0/s1. The molecule has 1 unspecified atom stereocenters. The molecule has 0 heterocycles. The van der Waals surface area contributed by atoms with Crippen LogP contribution in [0, 0.1) is 5.82 Å². The van der Waals surface area contributed by atoms with E-state index in [4.69, 9.17) is 4.74 Å². The van der Waals surface area contributed by atoms with Gasteiger partial charge in [-0.05, 0) is 50.6 Å². The maximum Gasteiger partial charge on any atom is 0.407 e. The molecule has 0 amide bonds. The number of aldehydes is 1. The number of phenols is 1. The highest BCUT2D eigenvalue weighted by atomic mass is 19.4. The Morgan fingerprint density at radius 1 is 1.12 bits per heavy atom. The van der Waals surface area contributed by atoms with Crippen molar-refractivity contribution in [1.29, 1.82) is 0 Å². The number of carbonyl (C=O) groups excluding carboxylic acids is 2. The highest BCUT2D eigenvalue weighted by Gasteiger charge is 2.44. The number of hydrogen-bond donors (Lipinski definition) is 2. The summed E-state index contributed by atoms with van der Waals surface area (Å²) in [4.78, 5) is 23.1. The summed E-state index contributed by atoms with van der Waals surface area (Å²) in [6.07, 6.45) is -5.09. The summed E-state index contributed by atoms with van der Waals surface area (Å²) in [6.45, 7) is 3.56. The molecule has 0 aromatic heterocycles. The molecule has 0 saturated carbocycles. The molecule has 2 N–H and O–H groups in total. The van der Waals surface area contributed by atoms with E-state index >= 15 is 0 Å². The van der Waals surface area contributed by atoms with Gasteiger partial charge in [0, 0.05) is 23.1 Å². The van der Waals surface area contributed by atoms with E-state index in [9.17, 15) is 36.6 Å². The summed E-state index contributed by atoms with van der Waals surface area (Å²) in [7, 11) is 0. The Hall–Kier alpha value is -3.01. The normalized spacial score (nSPS) is 13.9. The smallest absolute Gasteiger partial charge is 0.407 e. The van der Waals surface area contributed by atoms with E-state index in [0.29, 0.717) is 12.4 Å². The molecule has 2 aromatic rings. The number of ether oxygens (including phenoxy) is 1. The fraction of sp³-hybridized carbons (Fsp3) is 0.391. The van der Waals surface area contributed by atoms with Crippen LogP contribution in [0.1, 0.15) is 49.2 Å². The second-order valence-corrected chi connectivity index (χ2v) is 8.00. The lowest BCUT2D eigenvalue weighted by Gasteiger charge is -2.29. The second kappa shape index (κ2) is 10.3. The lowest BCUT2D eigenvalue weighted by molar-refractivity contribution is -0.165. The molecular formula is C23H24F5NO4. The van der Waals surface area contributed by atoms with Crippen LogP contribution in [0.15, 0.2) is 36.4 Å². The largest absolute Gasteiger partial charge is 0.507 e. The number of carbonyl (C=O) groups is 2. The number of benzene rings is 2. The molecule has 10 heteroatoms. The zero-order chi connectivity index (χ0) is 25.0. The maximum absolute atomic E-state index is 14.8. The van der Waals surface area contributed by atoms with Crippen molar-refractivity contribution in [2.75, 3.05) is 6.61 Å². The number of nitrogens with one attached hydrogen (secondary N) is 1. The first-order chi connectivity index (χ1) is 15.3. The van der Waals surface area contributed by atoms with Gasteiger partial charge in [0.15, 0.2) is 0 Å². The first-order valence-corrected chi connectivity index (χ1v) is 10.0. The minimum Gasteiger partial charge on any atom is -0.507 e. The van der Waals surface area contributed by atoms with Crippen LogP contribution >= 0.6 is 0 Å². The third kappa shape index (κ3) is 6.98. The van der Waals surface area contributed by atoms with Crippen molar-refractivity contribution >= 4 is 12.3 Å². The fourth-order valence-electron chi connectivity index (χ4n) is 3.29. The van der Waals surface area contributed by atoms with E-state index in [-0.39, 0.29) is 29.0 Å². The quantitative estimate of drug-likeness (QED) is 0.295. The molecule has 0 fully saturated rings. The van der Waals surface area contributed by atoms with E-state index in [2.05, 4.69) is 5.32 Å². The minimum atomic E-state index is -4.96. The molecule has 0 radical (unpaired) electrons. The molecule has 5 nitrogen and oxygen atoms in total. The average Bonchev–Trinajstić information content (AvgIpc) is 2.70. The molecule has 0 aliphatic heterocycles. The predicted molar refractivity (Wildman–Crippen MR) is 111 cm³/mol. The lowest BCUT2D eigenvalue weighted by Crippen LogP contribution is -2.47. The zero-order valence-corrected chi connectivity index (χ0v) is 18.2. The number of halogens is 5. The number of phenolic OH excluding ortho intramolecular Hbond substituents is 1. The van der Waals surface area contributed by atoms with Gasteiger partial charge in [-0.2, -0.15) is 13.2 Å². The van der Waals surface area contributed by atoms with Gasteiger partial charge in [-0.1, -0.05) is 12.1 Å². The molecule has 0 saturated heterocycles. The fourth-order valence-corrected chi connectivity index (χ4v) is 3.29. The molecule has 0 spiro atoms. The Balaban J connectivity index is 2.47. The minimum absolute atomic E-state index is 0.0799. The van der Waals surface area contributed by atoms with Gasteiger partial charge in [-0.15, -0.1) is 0 Å². The first-order valence-electron chi connectivity index (χ1n) is 10.0. The van der Waals surface area contributed by atoms with Gasteiger partial charge in [0.1, 0.15) is 35.6 Å². The molecule has 0 aliphatic rings. The summed E-state index contributed by atoms with van der Waals surface area (Å²) in [5.74, 6) is -2.53. The number of alkyl halides is 4. The van der Waals surface area contributed by atoms with Crippen LogP contribution < -0.4 is 5.32 Å². The predicted octanol–water partition coefficient (Wildman–Crippen LogP) is 5.27. The van der Waals surface area contributed by atoms with Crippen molar-refractivity contribution < 1.29 is 41.4 Å².